The number of hydrogen-bond acceptors (Lipinski definition) is 5. The summed E-state index contributed by atoms with van der Waals surface area (Å²) in [6.45, 7) is 6.05. The van der Waals surface area contributed by atoms with Crippen LogP contribution in [0.2, 0.25) is 0 Å². The molecule has 0 aliphatic rings. The molecule has 2 aromatic rings. The SMILES string of the molecule is CC[C@H](C)NC(=O)CSc1nnnn1-c1ccc(C)cc1. The van der Waals surface area contributed by atoms with E-state index in [1.807, 2.05) is 45.0 Å². The molecule has 112 valence electrons. The van der Waals surface area contributed by atoms with E-state index >= 15 is 0 Å². The van der Waals surface area contributed by atoms with Gasteiger partial charge in [-0.25, -0.2) is 0 Å². The molecule has 1 amide bonds. The lowest BCUT2D eigenvalue weighted by atomic mass is 10.2. The molecule has 7 heteroatoms. The van der Waals surface area contributed by atoms with Crippen molar-refractivity contribution in [3.8, 4) is 5.69 Å². The molecule has 0 spiro atoms. The van der Waals surface area contributed by atoms with Crippen molar-refractivity contribution in [2.24, 2.45) is 0 Å². The Labute approximate surface area is 128 Å². The van der Waals surface area contributed by atoms with E-state index in [-0.39, 0.29) is 11.9 Å². The standard InChI is InChI=1S/C14H19N5OS/c1-4-11(3)15-13(20)9-21-14-16-17-18-19(14)12-7-5-10(2)6-8-12/h5-8,11H,4,9H2,1-3H3,(H,15,20)/t11-/m0/s1. The van der Waals surface area contributed by atoms with Gasteiger partial charge in [0, 0.05) is 6.04 Å². The number of carbonyl (C=O) groups is 1. The second-order valence-corrected chi connectivity index (χ2v) is 5.82. The number of benzene rings is 1. The minimum absolute atomic E-state index is 0.00666. The molecule has 1 aromatic heterocycles. The first-order valence-electron chi connectivity index (χ1n) is 6.87. The predicted molar refractivity (Wildman–Crippen MR) is 82.5 cm³/mol. The Balaban J connectivity index is 2.01. The number of carbonyl (C=O) groups excluding carboxylic acids is 1. The molecular formula is C14H19N5OS. The van der Waals surface area contributed by atoms with Crippen LogP contribution in [0.25, 0.3) is 5.69 Å². The Hall–Kier alpha value is -1.89. The molecule has 0 aliphatic carbocycles. The molecule has 0 saturated heterocycles. The molecular weight excluding hydrogens is 286 g/mol. The molecule has 0 unspecified atom stereocenters. The van der Waals surface area contributed by atoms with Crippen LogP contribution in [0.15, 0.2) is 29.4 Å². The molecule has 1 heterocycles. The third kappa shape index (κ3) is 4.29. The number of amides is 1. The van der Waals surface area contributed by atoms with Gasteiger partial charge in [-0.2, -0.15) is 4.68 Å². The van der Waals surface area contributed by atoms with Crippen LogP contribution in [0, 0.1) is 6.92 Å². The summed E-state index contributed by atoms with van der Waals surface area (Å²) < 4.78 is 1.64. The zero-order valence-corrected chi connectivity index (χ0v) is 13.2. The molecule has 0 bridgehead atoms. The van der Waals surface area contributed by atoms with E-state index in [2.05, 4.69) is 20.8 Å². The summed E-state index contributed by atoms with van der Waals surface area (Å²) in [4.78, 5) is 11.8. The molecule has 0 radical (unpaired) electrons. The maximum absolute atomic E-state index is 11.8. The molecule has 0 fully saturated rings. The Bertz CT molecular complexity index is 596. The molecule has 6 nitrogen and oxygen atoms in total. The van der Waals surface area contributed by atoms with E-state index in [0.717, 1.165) is 12.1 Å². The maximum Gasteiger partial charge on any atom is 0.230 e. The first-order chi connectivity index (χ1) is 10.1. The number of aryl methyl sites for hydroxylation is 1. The van der Waals surface area contributed by atoms with Gasteiger partial charge in [0.25, 0.3) is 0 Å². The first kappa shape index (κ1) is 15.5. The zero-order valence-electron chi connectivity index (χ0n) is 12.4. The number of aromatic nitrogens is 4. The van der Waals surface area contributed by atoms with Crippen molar-refractivity contribution in [3.63, 3.8) is 0 Å². The predicted octanol–water partition coefficient (Wildman–Crippen LogP) is 1.98. The van der Waals surface area contributed by atoms with Crippen molar-refractivity contribution in [2.75, 3.05) is 5.75 Å². The van der Waals surface area contributed by atoms with Crippen molar-refractivity contribution < 1.29 is 4.79 Å². The smallest absolute Gasteiger partial charge is 0.230 e. The van der Waals surface area contributed by atoms with Gasteiger partial charge in [-0.3, -0.25) is 4.79 Å². The summed E-state index contributed by atoms with van der Waals surface area (Å²) in [5, 5.41) is 15.2. The second kappa shape index (κ2) is 7.21. The van der Waals surface area contributed by atoms with Gasteiger partial charge in [0.2, 0.25) is 11.1 Å². The number of thioether (sulfide) groups is 1. The number of tetrazole rings is 1. The molecule has 1 N–H and O–H groups in total. The summed E-state index contributed by atoms with van der Waals surface area (Å²) in [7, 11) is 0. The van der Waals surface area contributed by atoms with Gasteiger partial charge in [0.15, 0.2) is 0 Å². The van der Waals surface area contributed by atoms with Gasteiger partial charge in [-0.05, 0) is 42.8 Å². The van der Waals surface area contributed by atoms with Crippen molar-refractivity contribution in [2.45, 2.75) is 38.4 Å². The van der Waals surface area contributed by atoms with Gasteiger partial charge in [0.05, 0.1) is 11.4 Å². The lowest BCUT2D eigenvalue weighted by Gasteiger charge is -2.10. The molecule has 21 heavy (non-hydrogen) atoms. The molecule has 0 aliphatic heterocycles. The van der Waals surface area contributed by atoms with Crippen LogP contribution in [0.4, 0.5) is 0 Å². The summed E-state index contributed by atoms with van der Waals surface area (Å²) >= 11 is 1.33. The molecule has 0 saturated carbocycles. The van der Waals surface area contributed by atoms with E-state index in [1.54, 1.807) is 4.68 Å². The van der Waals surface area contributed by atoms with Crippen LogP contribution in [-0.4, -0.2) is 37.9 Å². The summed E-state index contributed by atoms with van der Waals surface area (Å²) in [5.41, 5.74) is 2.06. The number of rotatable bonds is 6. The average molecular weight is 305 g/mol. The third-order valence-electron chi connectivity index (χ3n) is 3.07. The van der Waals surface area contributed by atoms with Crippen LogP contribution >= 0.6 is 11.8 Å². The third-order valence-corrected chi connectivity index (χ3v) is 3.99. The Morgan fingerprint density at radius 3 is 2.76 bits per heavy atom. The van der Waals surface area contributed by atoms with Gasteiger partial charge in [-0.15, -0.1) is 5.10 Å². The summed E-state index contributed by atoms with van der Waals surface area (Å²) in [5.74, 6) is 0.295. The van der Waals surface area contributed by atoms with Gasteiger partial charge >= 0.3 is 0 Å². The lowest BCUT2D eigenvalue weighted by Crippen LogP contribution is -2.33. The van der Waals surface area contributed by atoms with Crippen LogP contribution in [0.5, 0.6) is 0 Å². The van der Waals surface area contributed by atoms with Crippen molar-refractivity contribution in [3.05, 3.63) is 29.8 Å². The average Bonchev–Trinajstić information content (AvgIpc) is 2.94. The normalized spacial score (nSPS) is 12.1. The second-order valence-electron chi connectivity index (χ2n) is 4.87. The molecule has 1 aromatic carbocycles. The quantitative estimate of drug-likeness (QED) is 0.826. The highest BCUT2D eigenvalue weighted by Crippen LogP contribution is 2.18. The zero-order chi connectivity index (χ0) is 15.2. The van der Waals surface area contributed by atoms with Gasteiger partial charge in [0.1, 0.15) is 0 Å². The summed E-state index contributed by atoms with van der Waals surface area (Å²) in [6, 6.07) is 8.10. The van der Waals surface area contributed by atoms with Crippen LogP contribution < -0.4 is 5.32 Å². The van der Waals surface area contributed by atoms with E-state index in [9.17, 15) is 4.79 Å². The fourth-order valence-corrected chi connectivity index (χ4v) is 2.37. The van der Waals surface area contributed by atoms with E-state index < -0.39 is 0 Å². The van der Waals surface area contributed by atoms with E-state index in [0.29, 0.717) is 10.9 Å². The fraction of sp³-hybridized carbons (Fsp3) is 0.429. The highest BCUT2D eigenvalue weighted by atomic mass is 32.2. The van der Waals surface area contributed by atoms with Crippen molar-refractivity contribution >= 4 is 17.7 Å². The first-order valence-corrected chi connectivity index (χ1v) is 7.86. The molecule has 2 rings (SSSR count). The Kier molecular flexibility index (Phi) is 5.32. The molecule has 1 atom stereocenters. The van der Waals surface area contributed by atoms with Gasteiger partial charge < -0.3 is 5.32 Å². The summed E-state index contributed by atoms with van der Waals surface area (Å²) in [6.07, 6.45) is 0.914. The van der Waals surface area contributed by atoms with E-state index in [1.165, 1.54) is 17.3 Å². The lowest BCUT2D eigenvalue weighted by molar-refractivity contribution is -0.119. The number of hydrogen-bond donors (Lipinski definition) is 1. The Morgan fingerprint density at radius 1 is 1.38 bits per heavy atom. The highest BCUT2D eigenvalue weighted by Gasteiger charge is 2.12. The van der Waals surface area contributed by atoms with Crippen molar-refractivity contribution in [1.82, 2.24) is 25.5 Å². The monoisotopic (exact) mass is 305 g/mol. The fourth-order valence-electron chi connectivity index (χ4n) is 1.67. The van der Waals surface area contributed by atoms with Crippen LogP contribution in [0.3, 0.4) is 0 Å². The largest absolute Gasteiger partial charge is 0.353 e. The minimum Gasteiger partial charge on any atom is -0.353 e. The van der Waals surface area contributed by atoms with E-state index in [4.69, 9.17) is 0 Å². The minimum atomic E-state index is -0.00666. The maximum atomic E-state index is 11.8. The number of nitrogens with zero attached hydrogens (tertiary/aromatic N) is 4. The van der Waals surface area contributed by atoms with Crippen LogP contribution in [-0.2, 0) is 4.79 Å². The van der Waals surface area contributed by atoms with Crippen molar-refractivity contribution in [1.29, 1.82) is 0 Å². The highest BCUT2D eigenvalue weighted by molar-refractivity contribution is 7.99. The van der Waals surface area contributed by atoms with Crippen LogP contribution in [0.1, 0.15) is 25.8 Å². The van der Waals surface area contributed by atoms with Gasteiger partial charge in [-0.1, -0.05) is 36.4 Å². The number of nitrogens with one attached hydrogen (secondary N) is 1. The Morgan fingerprint density at radius 2 is 2.10 bits per heavy atom. The topological polar surface area (TPSA) is 72.7 Å².